The number of anilines is 2. The average molecular weight is 777 g/mol. The van der Waals surface area contributed by atoms with Crippen LogP contribution < -0.4 is 32.3 Å². The first-order valence-electron chi connectivity index (χ1n) is 20.4. The van der Waals surface area contributed by atoms with Crippen LogP contribution in [0.25, 0.3) is 10.9 Å². The first-order valence-corrected chi connectivity index (χ1v) is 20.4. The third-order valence-electron chi connectivity index (χ3n) is 10.5. The second kappa shape index (κ2) is 22.7. The zero-order chi connectivity index (χ0) is 39.5. The van der Waals surface area contributed by atoms with Crippen LogP contribution in [-0.2, 0) is 32.3 Å². The minimum Gasteiger partial charge on any atom is -0.480 e. The number of fused-ring (bicyclic) bond motifs is 1. The Bertz CT molecular complexity index is 1710. The zero-order valence-electron chi connectivity index (χ0n) is 32.5. The van der Waals surface area contributed by atoms with E-state index >= 15 is 0 Å². The number of aromatic nitrogens is 5. The van der Waals surface area contributed by atoms with E-state index in [9.17, 15) is 19.2 Å². The molecule has 1 aliphatic carbocycles. The normalized spacial score (nSPS) is 15.8. The smallest absolute Gasteiger partial charge is 0.320 e. The molecule has 3 heterocycles. The highest BCUT2D eigenvalue weighted by atomic mass is 16.4. The van der Waals surface area contributed by atoms with E-state index in [1.54, 1.807) is 0 Å². The number of carbonyl (C=O) groups excluding carboxylic acids is 3. The van der Waals surface area contributed by atoms with Gasteiger partial charge in [-0.1, -0.05) is 36.6 Å². The number of nitrogens with two attached hydrogens (primary N) is 1. The molecule has 1 atom stereocenters. The van der Waals surface area contributed by atoms with Crippen molar-refractivity contribution in [1.82, 2.24) is 45.8 Å². The molecule has 5 rings (SSSR count). The topological polar surface area (TPSA) is 234 Å². The number of likely N-dealkylation sites (tertiary alicyclic amines) is 1. The number of ketones is 1. The van der Waals surface area contributed by atoms with Crippen molar-refractivity contribution >= 4 is 46.2 Å². The van der Waals surface area contributed by atoms with E-state index < -0.39 is 12.0 Å². The maximum absolute atomic E-state index is 12.9. The van der Waals surface area contributed by atoms with E-state index in [1.807, 2.05) is 40.0 Å². The highest BCUT2D eigenvalue weighted by molar-refractivity contribution is 5.90. The lowest BCUT2D eigenvalue weighted by atomic mass is 9.95. The van der Waals surface area contributed by atoms with Crippen LogP contribution in [0.5, 0.6) is 0 Å². The molecule has 8 N–H and O–H groups in total. The van der Waals surface area contributed by atoms with Gasteiger partial charge in [-0.3, -0.25) is 23.9 Å². The van der Waals surface area contributed by atoms with Gasteiger partial charge in [0.25, 0.3) is 0 Å². The molecule has 0 unspecified atom stereocenters. The van der Waals surface area contributed by atoms with Crippen molar-refractivity contribution in [3.8, 4) is 0 Å². The molecule has 0 spiro atoms. The summed E-state index contributed by atoms with van der Waals surface area (Å²) in [5, 5.41) is 35.2. The molecular formula is C39H60N12O5. The summed E-state index contributed by atoms with van der Waals surface area (Å²) < 4.78 is 1.88. The minimum atomic E-state index is -1.16. The summed E-state index contributed by atoms with van der Waals surface area (Å²) >= 11 is 0. The number of nitrogens with zero attached hydrogens (tertiary/aromatic N) is 6. The molecule has 0 bridgehead atoms. The van der Waals surface area contributed by atoms with Gasteiger partial charge >= 0.3 is 5.97 Å². The number of Topliss-reactive ketones (excluding diaryl/α,β-unsaturated/α-hetero) is 1. The number of hydrogen-bond donors (Lipinski definition) is 7. The van der Waals surface area contributed by atoms with Crippen molar-refractivity contribution in [2.45, 2.75) is 121 Å². The maximum Gasteiger partial charge on any atom is 0.320 e. The number of rotatable bonds is 24. The van der Waals surface area contributed by atoms with Gasteiger partial charge in [0.1, 0.15) is 23.3 Å². The van der Waals surface area contributed by atoms with Gasteiger partial charge in [0.2, 0.25) is 17.8 Å². The van der Waals surface area contributed by atoms with Gasteiger partial charge in [-0.25, -0.2) is 4.98 Å². The Kier molecular flexibility index (Phi) is 17.2. The van der Waals surface area contributed by atoms with Crippen LogP contribution in [-0.4, -0.2) is 116 Å². The van der Waals surface area contributed by atoms with Crippen LogP contribution in [0, 0.1) is 0 Å². The molecule has 1 aromatic carbocycles. The Hall–Kier alpha value is -4.74. The Balaban J connectivity index is 0.979. The third kappa shape index (κ3) is 14.4. The number of carboxylic acid groups (broad SMARTS) is 1. The van der Waals surface area contributed by atoms with Crippen LogP contribution in [0.15, 0.2) is 30.5 Å². The number of carboxylic acids is 1. The van der Waals surface area contributed by atoms with E-state index in [0.29, 0.717) is 25.6 Å². The molecule has 2 aliphatic rings. The number of hydrogen-bond acceptors (Lipinski definition) is 13. The SMILES string of the molecule is N[C@H](CCC(=O)CCC(=O)NCCC(=O)N1CCC(Nc2nc(NCc3cn(CCCNCCCNC4CCCCC4)nn3)nc3ccccc23)CC1)C(=O)O. The number of aryl methyl sites for hydroxylation is 1. The minimum absolute atomic E-state index is 0.00578. The van der Waals surface area contributed by atoms with Gasteiger partial charge in [-0.2, -0.15) is 4.98 Å². The fourth-order valence-corrected chi connectivity index (χ4v) is 7.12. The van der Waals surface area contributed by atoms with E-state index in [1.165, 1.54) is 32.1 Å². The first kappa shape index (κ1) is 42.4. The first-order chi connectivity index (χ1) is 27.2. The third-order valence-corrected chi connectivity index (χ3v) is 10.5. The molecule has 1 saturated carbocycles. The number of amides is 2. The number of piperidine rings is 1. The lowest BCUT2D eigenvalue weighted by molar-refractivity contribution is -0.139. The number of nitrogens with one attached hydrogen (secondary N) is 5. The van der Waals surface area contributed by atoms with Crippen molar-refractivity contribution in [2.24, 2.45) is 5.73 Å². The largest absolute Gasteiger partial charge is 0.480 e. The number of aliphatic carboxylic acids is 1. The average Bonchev–Trinajstić information content (AvgIpc) is 3.67. The Morgan fingerprint density at radius 2 is 1.66 bits per heavy atom. The van der Waals surface area contributed by atoms with Crippen LogP contribution >= 0.6 is 0 Å². The van der Waals surface area contributed by atoms with Gasteiger partial charge < -0.3 is 42.3 Å². The summed E-state index contributed by atoms with van der Waals surface area (Å²) in [4.78, 5) is 59.1. The molecule has 17 heteroatoms. The molecule has 0 radical (unpaired) electrons. The molecule has 1 aliphatic heterocycles. The van der Waals surface area contributed by atoms with Crippen molar-refractivity contribution in [1.29, 1.82) is 0 Å². The molecular weight excluding hydrogens is 717 g/mol. The lowest BCUT2D eigenvalue weighted by Gasteiger charge is -2.33. The Morgan fingerprint density at radius 1 is 0.875 bits per heavy atom. The van der Waals surface area contributed by atoms with Crippen molar-refractivity contribution in [3.63, 3.8) is 0 Å². The van der Waals surface area contributed by atoms with Gasteiger partial charge in [-0.05, 0) is 76.7 Å². The van der Waals surface area contributed by atoms with E-state index in [-0.39, 0.29) is 62.3 Å². The number of benzene rings is 1. The highest BCUT2D eigenvalue weighted by Gasteiger charge is 2.24. The van der Waals surface area contributed by atoms with Crippen molar-refractivity contribution in [2.75, 3.05) is 49.9 Å². The van der Waals surface area contributed by atoms with Crippen LogP contribution in [0.2, 0.25) is 0 Å². The molecule has 2 aromatic heterocycles. The second-order valence-corrected chi connectivity index (χ2v) is 14.9. The molecule has 2 amide bonds. The fraction of sp³-hybridized carbons (Fsp3) is 0.641. The standard InChI is InChI=1S/C39H60N12O5/c40-33(38(55)56)14-12-31(52)13-15-35(53)43-22-16-36(54)50-24-17-29(18-25-50)45-37-32-10-4-5-11-34(32)46-39(47-37)44-26-30-27-51(49-48-30)23-7-20-41-19-6-21-42-28-8-2-1-3-9-28/h4-5,10-11,27-29,33,41-42H,1-3,6-9,12-26,40H2,(H,43,53)(H,55,56)(H2,44,45,46,47)/t33-/m1/s1. The summed E-state index contributed by atoms with van der Waals surface area (Å²) in [5.74, 6) is -0.517. The highest BCUT2D eigenvalue weighted by Crippen LogP contribution is 2.25. The monoisotopic (exact) mass is 776 g/mol. The summed E-state index contributed by atoms with van der Waals surface area (Å²) in [6.07, 6.45) is 12.5. The van der Waals surface area contributed by atoms with Crippen molar-refractivity contribution < 1.29 is 24.3 Å². The summed E-state index contributed by atoms with van der Waals surface area (Å²) in [6, 6.07) is 7.60. The lowest BCUT2D eigenvalue weighted by Crippen LogP contribution is -2.43. The van der Waals surface area contributed by atoms with Crippen LogP contribution in [0.1, 0.15) is 95.6 Å². The predicted octanol–water partition coefficient (Wildman–Crippen LogP) is 2.58. The van der Waals surface area contributed by atoms with Gasteiger partial charge in [0.15, 0.2) is 0 Å². The van der Waals surface area contributed by atoms with E-state index in [4.69, 9.17) is 20.8 Å². The van der Waals surface area contributed by atoms with E-state index in [2.05, 4.69) is 36.9 Å². The fourth-order valence-electron chi connectivity index (χ4n) is 7.12. The zero-order valence-corrected chi connectivity index (χ0v) is 32.5. The predicted molar refractivity (Wildman–Crippen MR) is 214 cm³/mol. The van der Waals surface area contributed by atoms with Crippen molar-refractivity contribution in [3.05, 3.63) is 36.2 Å². The van der Waals surface area contributed by atoms with Gasteiger partial charge in [-0.15, -0.1) is 5.10 Å². The number of carbonyl (C=O) groups is 4. The summed E-state index contributed by atoms with van der Waals surface area (Å²) in [7, 11) is 0. The Morgan fingerprint density at radius 3 is 2.46 bits per heavy atom. The molecule has 2 fully saturated rings. The molecule has 1 saturated heterocycles. The quantitative estimate of drug-likeness (QED) is 0.0649. The second-order valence-electron chi connectivity index (χ2n) is 14.9. The van der Waals surface area contributed by atoms with Crippen LogP contribution in [0.3, 0.4) is 0 Å². The molecule has 306 valence electrons. The maximum atomic E-state index is 12.9. The Labute approximate surface area is 328 Å². The molecule has 56 heavy (non-hydrogen) atoms. The van der Waals surface area contributed by atoms with Gasteiger partial charge in [0.05, 0.1) is 18.3 Å². The summed E-state index contributed by atoms with van der Waals surface area (Å²) in [5.41, 5.74) is 7.04. The summed E-state index contributed by atoms with van der Waals surface area (Å²) in [6.45, 7) is 5.61. The molecule has 3 aromatic rings. The molecule has 17 nitrogen and oxygen atoms in total. The van der Waals surface area contributed by atoms with Gasteiger partial charge in [0, 0.05) is 69.3 Å². The number of para-hydroxylation sites is 1. The van der Waals surface area contributed by atoms with E-state index in [0.717, 1.165) is 80.3 Å². The van der Waals surface area contributed by atoms with Crippen LogP contribution in [0.4, 0.5) is 11.8 Å².